The SMILES string of the molecule is CC(C)(C)[Si](C)(C)OC[C@H]1O[C@@H](n2ccc(N)nc2=O)C[C@@H]1O[Si](C)(C)C(C)(C)C. The molecule has 7 nitrogen and oxygen atoms in total. The highest BCUT2D eigenvalue weighted by molar-refractivity contribution is 6.74. The van der Waals surface area contributed by atoms with Crippen LogP contribution in [0.2, 0.25) is 36.3 Å². The molecule has 1 fully saturated rings. The molecule has 1 saturated heterocycles. The number of hydrogen-bond acceptors (Lipinski definition) is 6. The van der Waals surface area contributed by atoms with Gasteiger partial charge in [0.2, 0.25) is 0 Å². The number of aromatic nitrogens is 2. The molecule has 1 aromatic rings. The fourth-order valence-electron chi connectivity index (χ4n) is 2.85. The molecule has 0 radical (unpaired) electrons. The minimum absolute atomic E-state index is 0.0789. The highest BCUT2D eigenvalue weighted by atomic mass is 28.4. The fraction of sp³-hybridized carbons (Fsp3) is 0.810. The third-order valence-electron chi connectivity index (χ3n) is 7.01. The molecule has 2 heterocycles. The first-order valence-corrected chi connectivity index (χ1v) is 16.6. The molecule has 1 aliphatic heterocycles. The summed E-state index contributed by atoms with van der Waals surface area (Å²) in [5, 5.41) is 0.189. The summed E-state index contributed by atoms with van der Waals surface area (Å²) >= 11 is 0. The number of nitrogens with zero attached hydrogens (tertiary/aromatic N) is 2. The van der Waals surface area contributed by atoms with Crippen molar-refractivity contribution in [1.82, 2.24) is 9.55 Å². The van der Waals surface area contributed by atoms with Crippen LogP contribution in [0.3, 0.4) is 0 Å². The van der Waals surface area contributed by atoms with E-state index in [2.05, 4.69) is 72.7 Å². The van der Waals surface area contributed by atoms with Crippen molar-refractivity contribution in [3.63, 3.8) is 0 Å². The molecule has 30 heavy (non-hydrogen) atoms. The zero-order valence-corrected chi connectivity index (χ0v) is 22.4. The van der Waals surface area contributed by atoms with Crippen molar-refractivity contribution in [2.75, 3.05) is 12.3 Å². The van der Waals surface area contributed by atoms with E-state index < -0.39 is 28.6 Å². The maximum absolute atomic E-state index is 12.4. The van der Waals surface area contributed by atoms with E-state index in [1.807, 2.05) is 0 Å². The quantitative estimate of drug-likeness (QED) is 0.634. The summed E-state index contributed by atoms with van der Waals surface area (Å²) in [6.45, 7) is 22.7. The molecule has 0 saturated carbocycles. The summed E-state index contributed by atoms with van der Waals surface area (Å²) in [6.07, 6.45) is 1.43. The molecule has 9 heteroatoms. The third-order valence-corrected chi connectivity index (χ3v) is 16.0. The molecule has 2 N–H and O–H groups in total. The number of hydrogen-bond donors (Lipinski definition) is 1. The van der Waals surface area contributed by atoms with Crippen molar-refractivity contribution < 1.29 is 13.6 Å². The van der Waals surface area contributed by atoms with Gasteiger partial charge in [0.15, 0.2) is 16.6 Å². The molecular weight excluding hydrogens is 414 g/mol. The van der Waals surface area contributed by atoms with Gasteiger partial charge in [-0.25, -0.2) is 4.79 Å². The summed E-state index contributed by atoms with van der Waals surface area (Å²) in [5.74, 6) is 0.209. The molecular formula is C21H41N3O4Si2. The van der Waals surface area contributed by atoms with Crippen LogP contribution >= 0.6 is 0 Å². The Kier molecular flexibility index (Phi) is 7.15. The Morgan fingerprint density at radius 3 is 2.20 bits per heavy atom. The lowest BCUT2D eigenvalue weighted by Gasteiger charge is -2.40. The van der Waals surface area contributed by atoms with Crippen LogP contribution < -0.4 is 11.4 Å². The second-order valence-electron chi connectivity index (χ2n) is 11.4. The van der Waals surface area contributed by atoms with E-state index in [1.54, 1.807) is 12.3 Å². The van der Waals surface area contributed by atoms with Gasteiger partial charge in [0.05, 0.1) is 12.7 Å². The van der Waals surface area contributed by atoms with Crippen molar-refractivity contribution in [3.8, 4) is 0 Å². The predicted molar refractivity (Wildman–Crippen MR) is 127 cm³/mol. The number of rotatable bonds is 6. The Bertz CT molecular complexity index is 797. The Balaban J connectivity index is 2.27. The number of anilines is 1. The fourth-order valence-corrected chi connectivity index (χ4v) is 5.22. The van der Waals surface area contributed by atoms with Gasteiger partial charge in [-0.05, 0) is 42.3 Å². The van der Waals surface area contributed by atoms with Gasteiger partial charge >= 0.3 is 5.69 Å². The molecule has 0 aromatic carbocycles. The number of nitrogen functional groups attached to an aromatic ring is 1. The summed E-state index contributed by atoms with van der Waals surface area (Å²) in [7, 11) is -3.96. The lowest BCUT2D eigenvalue weighted by molar-refractivity contribution is -0.0411. The second kappa shape index (κ2) is 8.50. The molecule has 2 rings (SSSR count). The highest BCUT2D eigenvalue weighted by Crippen LogP contribution is 2.42. The van der Waals surface area contributed by atoms with Gasteiger partial charge < -0.3 is 19.3 Å². The standard InChI is InChI=1S/C21H41N3O4Si2/c1-20(2,3)29(7,8)26-14-16-15(28-30(9,10)21(4,5)6)13-18(27-16)24-12-11-17(22)23-19(24)25/h11-12,15-16,18H,13-14H2,1-10H3,(H2,22,23,25)/t15-,16+,18+/m0/s1. The molecule has 0 unspecified atom stereocenters. The maximum Gasteiger partial charge on any atom is 0.351 e. The smallest absolute Gasteiger partial charge is 0.351 e. The van der Waals surface area contributed by atoms with E-state index in [1.165, 1.54) is 4.57 Å². The molecule has 0 spiro atoms. The zero-order valence-electron chi connectivity index (χ0n) is 20.4. The van der Waals surface area contributed by atoms with E-state index >= 15 is 0 Å². The van der Waals surface area contributed by atoms with Crippen LogP contribution in [0.15, 0.2) is 17.1 Å². The van der Waals surface area contributed by atoms with Gasteiger partial charge in [-0.1, -0.05) is 41.5 Å². The number of nitrogens with two attached hydrogens (primary N) is 1. The molecule has 1 aromatic heterocycles. The Labute approximate surface area is 183 Å². The molecule has 0 bridgehead atoms. The first kappa shape index (κ1) is 25.3. The first-order chi connectivity index (χ1) is 13.4. The summed E-state index contributed by atoms with van der Waals surface area (Å²) in [5.41, 5.74) is 5.24. The molecule has 172 valence electrons. The van der Waals surface area contributed by atoms with Crippen LogP contribution in [0.5, 0.6) is 0 Å². The van der Waals surface area contributed by atoms with Gasteiger partial charge in [0.1, 0.15) is 18.1 Å². The second-order valence-corrected chi connectivity index (χ2v) is 21.0. The number of ether oxygens (including phenoxy) is 1. The molecule has 1 aliphatic rings. The van der Waals surface area contributed by atoms with Crippen molar-refractivity contribution in [2.45, 2.75) is 103 Å². The summed E-state index contributed by atoms with van der Waals surface area (Å²) < 4.78 is 21.0. The molecule has 0 aliphatic carbocycles. The molecule has 0 amide bonds. The van der Waals surface area contributed by atoms with Crippen LogP contribution in [0.1, 0.15) is 54.2 Å². The van der Waals surface area contributed by atoms with Crippen LogP contribution in [-0.4, -0.2) is 45.0 Å². The highest BCUT2D eigenvalue weighted by Gasteiger charge is 2.46. The Morgan fingerprint density at radius 2 is 1.70 bits per heavy atom. The average Bonchev–Trinajstić information content (AvgIpc) is 2.92. The maximum atomic E-state index is 12.4. The first-order valence-electron chi connectivity index (χ1n) is 10.8. The summed E-state index contributed by atoms with van der Waals surface area (Å²) in [6, 6.07) is 1.62. The zero-order chi connectivity index (χ0) is 23.1. The minimum Gasteiger partial charge on any atom is -0.414 e. The average molecular weight is 456 g/mol. The van der Waals surface area contributed by atoms with Crippen LogP contribution in [0.25, 0.3) is 0 Å². The third kappa shape index (κ3) is 5.61. The van der Waals surface area contributed by atoms with Crippen LogP contribution in [0.4, 0.5) is 5.82 Å². The van der Waals surface area contributed by atoms with Crippen molar-refractivity contribution in [1.29, 1.82) is 0 Å². The predicted octanol–water partition coefficient (Wildman–Crippen LogP) is 4.53. The van der Waals surface area contributed by atoms with E-state index in [9.17, 15) is 4.79 Å². The lowest BCUT2D eigenvalue weighted by Crippen LogP contribution is -2.48. The van der Waals surface area contributed by atoms with Crippen molar-refractivity contribution in [2.24, 2.45) is 0 Å². The molecule has 3 atom stereocenters. The monoisotopic (exact) mass is 455 g/mol. The topological polar surface area (TPSA) is 88.6 Å². The summed E-state index contributed by atoms with van der Waals surface area (Å²) in [4.78, 5) is 16.2. The van der Waals surface area contributed by atoms with E-state index in [0.29, 0.717) is 13.0 Å². The van der Waals surface area contributed by atoms with Gasteiger partial charge in [0, 0.05) is 12.6 Å². The van der Waals surface area contributed by atoms with E-state index in [4.69, 9.17) is 19.3 Å². The van der Waals surface area contributed by atoms with Crippen molar-refractivity contribution in [3.05, 3.63) is 22.7 Å². The minimum atomic E-state index is -2.02. The normalized spacial score (nSPS) is 23.7. The largest absolute Gasteiger partial charge is 0.414 e. The van der Waals surface area contributed by atoms with Crippen molar-refractivity contribution >= 4 is 22.5 Å². The van der Waals surface area contributed by atoms with Crippen LogP contribution in [-0.2, 0) is 13.6 Å². The van der Waals surface area contributed by atoms with E-state index in [0.717, 1.165) is 0 Å². The van der Waals surface area contributed by atoms with E-state index in [-0.39, 0.29) is 28.1 Å². The van der Waals surface area contributed by atoms with Gasteiger partial charge in [-0.2, -0.15) is 4.98 Å². The lowest BCUT2D eigenvalue weighted by atomic mass is 10.2. The van der Waals surface area contributed by atoms with Gasteiger partial charge in [0.25, 0.3) is 0 Å². The Morgan fingerprint density at radius 1 is 1.13 bits per heavy atom. The Hall–Kier alpha value is -1.01. The van der Waals surface area contributed by atoms with Gasteiger partial charge in [-0.15, -0.1) is 0 Å². The van der Waals surface area contributed by atoms with Crippen LogP contribution in [0, 0.1) is 0 Å². The van der Waals surface area contributed by atoms with Gasteiger partial charge in [-0.3, -0.25) is 4.57 Å².